The first-order chi connectivity index (χ1) is 8.90. The largest absolute Gasteiger partial charge is 0.481 e. The summed E-state index contributed by atoms with van der Waals surface area (Å²) in [6.45, 7) is 3.83. The SMILES string of the molecule is COc1cc(C(C)(C)N)cc(-c2ccc(F)cc2)n1. The maximum absolute atomic E-state index is 13.0. The van der Waals surface area contributed by atoms with Gasteiger partial charge in [-0.15, -0.1) is 0 Å². The minimum absolute atomic E-state index is 0.272. The standard InChI is InChI=1S/C15H17FN2O/c1-15(2,17)11-8-13(18-14(9-11)19-3)10-4-6-12(16)7-5-10/h4-9H,17H2,1-3H3. The van der Waals surface area contributed by atoms with Crippen molar-refractivity contribution in [2.75, 3.05) is 7.11 Å². The van der Waals surface area contributed by atoms with Gasteiger partial charge in [-0.1, -0.05) is 0 Å². The fourth-order valence-electron chi connectivity index (χ4n) is 1.75. The molecular weight excluding hydrogens is 243 g/mol. The first-order valence-corrected chi connectivity index (χ1v) is 6.01. The Morgan fingerprint density at radius 3 is 2.32 bits per heavy atom. The van der Waals surface area contributed by atoms with E-state index in [1.807, 2.05) is 26.0 Å². The van der Waals surface area contributed by atoms with Crippen molar-refractivity contribution >= 4 is 0 Å². The maximum atomic E-state index is 13.0. The first-order valence-electron chi connectivity index (χ1n) is 6.01. The highest BCUT2D eigenvalue weighted by molar-refractivity contribution is 5.61. The van der Waals surface area contributed by atoms with Crippen molar-refractivity contribution < 1.29 is 9.13 Å². The number of aromatic nitrogens is 1. The zero-order valence-corrected chi connectivity index (χ0v) is 11.3. The second-order valence-corrected chi connectivity index (χ2v) is 5.01. The Kier molecular flexibility index (Phi) is 3.53. The average Bonchev–Trinajstić information content (AvgIpc) is 2.38. The zero-order valence-electron chi connectivity index (χ0n) is 11.3. The van der Waals surface area contributed by atoms with E-state index in [0.717, 1.165) is 11.1 Å². The van der Waals surface area contributed by atoms with Gasteiger partial charge in [-0.2, -0.15) is 0 Å². The number of nitrogens with zero attached hydrogens (tertiary/aromatic N) is 1. The predicted octanol–water partition coefficient (Wildman–Crippen LogP) is 3.09. The molecule has 2 aromatic rings. The van der Waals surface area contributed by atoms with E-state index in [9.17, 15) is 4.39 Å². The van der Waals surface area contributed by atoms with Gasteiger partial charge >= 0.3 is 0 Å². The molecule has 1 aromatic carbocycles. The summed E-state index contributed by atoms with van der Waals surface area (Å²) >= 11 is 0. The van der Waals surface area contributed by atoms with Gasteiger partial charge in [-0.25, -0.2) is 9.37 Å². The molecule has 0 unspecified atom stereocenters. The lowest BCUT2D eigenvalue weighted by Gasteiger charge is -2.20. The molecule has 0 aliphatic rings. The number of nitrogens with two attached hydrogens (primary N) is 1. The Morgan fingerprint density at radius 1 is 1.16 bits per heavy atom. The highest BCUT2D eigenvalue weighted by Gasteiger charge is 2.17. The van der Waals surface area contributed by atoms with E-state index in [2.05, 4.69) is 4.98 Å². The molecule has 0 radical (unpaired) electrons. The number of ether oxygens (including phenoxy) is 1. The Balaban J connectivity index is 2.54. The molecule has 0 bridgehead atoms. The lowest BCUT2D eigenvalue weighted by Crippen LogP contribution is -2.28. The molecule has 0 amide bonds. The monoisotopic (exact) mass is 260 g/mol. The fraction of sp³-hybridized carbons (Fsp3) is 0.267. The highest BCUT2D eigenvalue weighted by atomic mass is 19.1. The molecule has 0 saturated carbocycles. The van der Waals surface area contributed by atoms with E-state index in [0.29, 0.717) is 11.6 Å². The maximum Gasteiger partial charge on any atom is 0.213 e. The van der Waals surface area contributed by atoms with Crippen LogP contribution >= 0.6 is 0 Å². The molecule has 2 N–H and O–H groups in total. The predicted molar refractivity (Wildman–Crippen MR) is 73.4 cm³/mol. The Morgan fingerprint density at radius 2 is 1.79 bits per heavy atom. The van der Waals surface area contributed by atoms with Gasteiger partial charge in [-0.3, -0.25) is 0 Å². The summed E-state index contributed by atoms with van der Waals surface area (Å²) in [7, 11) is 1.56. The molecule has 0 aliphatic carbocycles. The van der Waals surface area contributed by atoms with E-state index in [1.165, 1.54) is 12.1 Å². The van der Waals surface area contributed by atoms with Crippen molar-refractivity contribution in [3.05, 3.63) is 47.8 Å². The molecule has 0 saturated heterocycles. The number of hydrogen-bond acceptors (Lipinski definition) is 3. The molecule has 100 valence electrons. The van der Waals surface area contributed by atoms with Crippen molar-refractivity contribution in [1.29, 1.82) is 0 Å². The van der Waals surface area contributed by atoms with Gasteiger partial charge < -0.3 is 10.5 Å². The van der Waals surface area contributed by atoms with Gasteiger partial charge in [0, 0.05) is 17.2 Å². The summed E-state index contributed by atoms with van der Waals surface area (Å²) in [4.78, 5) is 4.37. The second kappa shape index (κ2) is 4.97. The first kappa shape index (κ1) is 13.5. The number of halogens is 1. The van der Waals surface area contributed by atoms with Gasteiger partial charge in [0.05, 0.1) is 12.8 Å². The topological polar surface area (TPSA) is 48.1 Å². The minimum Gasteiger partial charge on any atom is -0.481 e. The van der Waals surface area contributed by atoms with Crippen molar-refractivity contribution in [2.24, 2.45) is 5.73 Å². The number of methoxy groups -OCH3 is 1. The normalized spacial score (nSPS) is 11.4. The van der Waals surface area contributed by atoms with Crippen LogP contribution in [-0.4, -0.2) is 12.1 Å². The third-order valence-corrected chi connectivity index (χ3v) is 2.89. The van der Waals surface area contributed by atoms with Crippen LogP contribution in [0.25, 0.3) is 11.3 Å². The molecule has 0 spiro atoms. The third kappa shape index (κ3) is 3.09. The fourth-order valence-corrected chi connectivity index (χ4v) is 1.75. The number of pyridine rings is 1. The highest BCUT2D eigenvalue weighted by Crippen LogP contribution is 2.27. The average molecular weight is 260 g/mol. The van der Waals surface area contributed by atoms with Crippen LogP contribution in [0.3, 0.4) is 0 Å². The smallest absolute Gasteiger partial charge is 0.213 e. The van der Waals surface area contributed by atoms with Crippen LogP contribution in [0.15, 0.2) is 36.4 Å². The molecule has 3 nitrogen and oxygen atoms in total. The van der Waals surface area contributed by atoms with E-state index in [-0.39, 0.29) is 5.82 Å². The van der Waals surface area contributed by atoms with Crippen LogP contribution in [0, 0.1) is 5.82 Å². The van der Waals surface area contributed by atoms with Gasteiger partial charge in [0.25, 0.3) is 0 Å². The van der Waals surface area contributed by atoms with Crippen LogP contribution in [0.1, 0.15) is 19.4 Å². The summed E-state index contributed by atoms with van der Waals surface area (Å²) in [5, 5.41) is 0. The number of benzene rings is 1. The quantitative estimate of drug-likeness (QED) is 0.922. The molecule has 4 heteroatoms. The number of hydrogen-bond donors (Lipinski definition) is 1. The van der Waals surface area contributed by atoms with Crippen molar-refractivity contribution in [3.8, 4) is 17.1 Å². The lowest BCUT2D eigenvalue weighted by atomic mass is 9.95. The summed E-state index contributed by atoms with van der Waals surface area (Å²) < 4.78 is 18.1. The molecular formula is C15H17FN2O. The Hall–Kier alpha value is -1.94. The summed E-state index contributed by atoms with van der Waals surface area (Å²) in [5.41, 5.74) is 8.07. The van der Waals surface area contributed by atoms with E-state index >= 15 is 0 Å². The Bertz CT molecular complexity index is 574. The van der Waals surface area contributed by atoms with E-state index in [1.54, 1.807) is 19.2 Å². The van der Waals surface area contributed by atoms with Crippen LogP contribution in [0.4, 0.5) is 4.39 Å². The van der Waals surface area contributed by atoms with Crippen molar-refractivity contribution in [1.82, 2.24) is 4.98 Å². The summed E-state index contributed by atoms with van der Waals surface area (Å²) in [6.07, 6.45) is 0. The molecule has 1 heterocycles. The second-order valence-electron chi connectivity index (χ2n) is 5.01. The van der Waals surface area contributed by atoms with Crippen LogP contribution in [0.2, 0.25) is 0 Å². The molecule has 0 aliphatic heterocycles. The molecule has 0 atom stereocenters. The van der Waals surface area contributed by atoms with Gasteiger partial charge in [0.2, 0.25) is 5.88 Å². The summed E-state index contributed by atoms with van der Waals surface area (Å²) in [6, 6.07) is 9.89. The van der Waals surface area contributed by atoms with Gasteiger partial charge in [0.1, 0.15) is 5.82 Å². The van der Waals surface area contributed by atoms with Crippen LogP contribution < -0.4 is 10.5 Å². The van der Waals surface area contributed by atoms with Crippen molar-refractivity contribution in [2.45, 2.75) is 19.4 Å². The number of rotatable bonds is 3. The zero-order chi connectivity index (χ0) is 14.0. The Labute approximate surface area is 112 Å². The van der Waals surface area contributed by atoms with E-state index in [4.69, 9.17) is 10.5 Å². The van der Waals surface area contributed by atoms with Crippen LogP contribution in [0.5, 0.6) is 5.88 Å². The van der Waals surface area contributed by atoms with Gasteiger partial charge in [0.15, 0.2) is 0 Å². The molecule has 2 rings (SSSR count). The molecule has 0 fully saturated rings. The van der Waals surface area contributed by atoms with Crippen LogP contribution in [-0.2, 0) is 5.54 Å². The minimum atomic E-state index is -0.495. The lowest BCUT2D eigenvalue weighted by molar-refractivity contribution is 0.395. The molecule has 1 aromatic heterocycles. The third-order valence-electron chi connectivity index (χ3n) is 2.89. The summed E-state index contributed by atoms with van der Waals surface area (Å²) in [5.74, 6) is 0.223. The van der Waals surface area contributed by atoms with Gasteiger partial charge in [-0.05, 0) is 49.7 Å². The van der Waals surface area contributed by atoms with E-state index < -0.39 is 5.54 Å². The van der Waals surface area contributed by atoms with Crippen molar-refractivity contribution in [3.63, 3.8) is 0 Å². The molecule has 19 heavy (non-hydrogen) atoms.